The summed E-state index contributed by atoms with van der Waals surface area (Å²) in [5.74, 6) is 0.513. The summed E-state index contributed by atoms with van der Waals surface area (Å²) in [6.07, 6.45) is 2.17. The molecule has 6 heteroatoms. The van der Waals surface area contributed by atoms with Crippen molar-refractivity contribution in [3.63, 3.8) is 0 Å². The molecule has 0 aliphatic carbocycles. The summed E-state index contributed by atoms with van der Waals surface area (Å²) in [7, 11) is 1.76. The third-order valence-electron chi connectivity index (χ3n) is 4.09. The third-order valence-corrected chi connectivity index (χ3v) is 4.73. The molecule has 0 amide bonds. The van der Waals surface area contributed by atoms with Crippen LogP contribution in [0, 0.1) is 5.82 Å². The fraction of sp³-hybridized carbons (Fsp3) is 0.500. The Morgan fingerprint density at radius 3 is 2.71 bits per heavy atom. The van der Waals surface area contributed by atoms with E-state index in [0.29, 0.717) is 17.1 Å². The first-order valence-electron chi connectivity index (χ1n) is 8.25. The van der Waals surface area contributed by atoms with Crippen molar-refractivity contribution in [2.45, 2.75) is 32.4 Å². The van der Waals surface area contributed by atoms with Gasteiger partial charge in [-0.3, -0.25) is 9.89 Å². The summed E-state index contributed by atoms with van der Waals surface area (Å²) in [6, 6.07) is 5.56. The van der Waals surface area contributed by atoms with E-state index >= 15 is 0 Å². The predicted molar refractivity (Wildman–Crippen MR) is 102 cm³/mol. The molecule has 132 valence electrons. The normalized spacial score (nSPS) is 16.9. The lowest BCUT2D eigenvalue weighted by molar-refractivity contribution is 0.221. The molecule has 0 unspecified atom stereocenters. The first-order valence-corrected chi connectivity index (χ1v) is 9.05. The highest BCUT2D eigenvalue weighted by atomic mass is 79.9. The van der Waals surface area contributed by atoms with Crippen molar-refractivity contribution in [1.82, 2.24) is 15.5 Å². The van der Waals surface area contributed by atoms with Crippen LogP contribution >= 0.6 is 15.9 Å². The molecule has 1 fully saturated rings. The van der Waals surface area contributed by atoms with Crippen LogP contribution in [0.1, 0.15) is 25.3 Å². The Kier molecular flexibility index (Phi) is 7.24. The lowest BCUT2D eigenvalue weighted by Gasteiger charge is -2.33. The van der Waals surface area contributed by atoms with E-state index in [9.17, 15) is 4.39 Å². The molecule has 2 rings (SSSR count). The van der Waals surface area contributed by atoms with Crippen LogP contribution < -0.4 is 10.6 Å². The van der Waals surface area contributed by atoms with Crippen LogP contribution in [-0.4, -0.2) is 43.6 Å². The van der Waals surface area contributed by atoms with Crippen LogP contribution in [0.5, 0.6) is 0 Å². The number of aliphatic imine (C=N–C) groups is 1. The van der Waals surface area contributed by atoms with Crippen molar-refractivity contribution in [3.05, 3.63) is 46.2 Å². The fourth-order valence-electron chi connectivity index (χ4n) is 2.84. The van der Waals surface area contributed by atoms with Gasteiger partial charge < -0.3 is 10.6 Å². The van der Waals surface area contributed by atoms with Gasteiger partial charge in [-0.2, -0.15) is 0 Å². The van der Waals surface area contributed by atoms with Crippen molar-refractivity contribution in [1.29, 1.82) is 0 Å². The second kappa shape index (κ2) is 9.18. The van der Waals surface area contributed by atoms with Crippen LogP contribution in [0.4, 0.5) is 4.39 Å². The van der Waals surface area contributed by atoms with Gasteiger partial charge in [-0.05, 0) is 53.4 Å². The third kappa shape index (κ3) is 5.91. The van der Waals surface area contributed by atoms with Gasteiger partial charge in [-0.15, -0.1) is 0 Å². The van der Waals surface area contributed by atoms with Gasteiger partial charge in [0.2, 0.25) is 0 Å². The molecule has 2 N–H and O–H groups in total. The van der Waals surface area contributed by atoms with Gasteiger partial charge >= 0.3 is 0 Å². The Morgan fingerprint density at radius 2 is 2.12 bits per heavy atom. The maximum atomic E-state index is 13.6. The van der Waals surface area contributed by atoms with E-state index < -0.39 is 0 Å². The van der Waals surface area contributed by atoms with E-state index in [4.69, 9.17) is 0 Å². The molecule has 0 aromatic heterocycles. The SMILES string of the molecule is C=C(C)CN1CCC(NC(=NC)NCc2ccc(Br)c(F)c2)CC1. The summed E-state index contributed by atoms with van der Waals surface area (Å²) in [4.78, 5) is 6.70. The number of guanidine groups is 1. The Labute approximate surface area is 152 Å². The molecule has 0 spiro atoms. The zero-order valence-corrected chi connectivity index (χ0v) is 16.0. The number of nitrogens with one attached hydrogen (secondary N) is 2. The Bertz CT molecular complexity index is 595. The molecule has 1 aliphatic rings. The number of rotatable bonds is 5. The monoisotopic (exact) mass is 396 g/mol. The molecule has 1 saturated heterocycles. The maximum Gasteiger partial charge on any atom is 0.191 e. The van der Waals surface area contributed by atoms with Crippen molar-refractivity contribution in [2.75, 3.05) is 26.7 Å². The molecule has 24 heavy (non-hydrogen) atoms. The second-order valence-corrected chi connectivity index (χ2v) is 7.18. The van der Waals surface area contributed by atoms with Crippen LogP contribution in [0.3, 0.4) is 0 Å². The molecule has 0 radical (unpaired) electrons. The lowest BCUT2D eigenvalue weighted by atomic mass is 10.0. The average molecular weight is 397 g/mol. The van der Waals surface area contributed by atoms with E-state index in [-0.39, 0.29) is 5.82 Å². The summed E-state index contributed by atoms with van der Waals surface area (Å²) in [5.41, 5.74) is 2.09. The fourth-order valence-corrected chi connectivity index (χ4v) is 3.09. The Morgan fingerprint density at radius 1 is 1.42 bits per heavy atom. The van der Waals surface area contributed by atoms with Crippen molar-refractivity contribution in [2.24, 2.45) is 4.99 Å². The van der Waals surface area contributed by atoms with Crippen LogP contribution in [0.25, 0.3) is 0 Å². The molecular weight excluding hydrogens is 371 g/mol. The molecule has 0 bridgehead atoms. The summed E-state index contributed by atoms with van der Waals surface area (Å²) >= 11 is 3.17. The minimum Gasteiger partial charge on any atom is -0.354 e. The highest BCUT2D eigenvalue weighted by Crippen LogP contribution is 2.16. The van der Waals surface area contributed by atoms with Gasteiger partial charge in [0, 0.05) is 39.3 Å². The molecule has 4 nitrogen and oxygen atoms in total. The van der Waals surface area contributed by atoms with Crippen molar-refractivity contribution >= 4 is 21.9 Å². The first-order chi connectivity index (χ1) is 11.5. The van der Waals surface area contributed by atoms with E-state index in [1.807, 2.05) is 6.07 Å². The first kappa shape index (κ1) is 18.9. The van der Waals surface area contributed by atoms with Gasteiger partial charge in [0.25, 0.3) is 0 Å². The smallest absolute Gasteiger partial charge is 0.191 e. The number of nitrogens with zero attached hydrogens (tertiary/aromatic N) is 2. The van der Waals surface area contributed by atoms with Crippen LogP contribution in [0.2, 0.25) is 0 Å². The molecular formula is C18H26BrFN4. The maximum absolute atomic E-state index is 13.6. The highest BCUT2D eigenvalue weighted by molar-refractivity contribution is 9.10. The van der Waals surface area contributed by atoms with Crippen LogP contribution in [-0.2, 0) is 6.54 Å². The van der Waals surface area contributed by atoms with Crippen molar-refractivity contribution in [3.8, 4) is 0 Å². The molecule has 1 heterocycles. The van der Waals surface area contributed by atoms with Crippen molar-refractivity contribution < 1.29 is 4.39 Å². The minimum absolute atomic E-state index is 0.248. The van der Waals surface area contributed by atoms with E-state index in [1.165, 1.54) is 11.6 Å². The van der Waals surface area contributed by atoms with Gasteiger partial charge in [0.1, 0.15) is 5.82 Å². The minimum atomic E-state index is -0.248. The molecule has 0 atom stereocenters. The van der Waals surface area contributed by atoms with Gasteiger partial charge in [0.15, 0.2) is 5.96 Å². The number of piperidine rings is 1. The quantitative estimate of drug-likeness (QED) is 0.455. The summed E-state index contributed by atoms with van der Waals surface area (Å²) in [6.45, 7) is 9.71. The van der Waals surface area contributed by atoms with E-state index in [1.54, 1.807) is 13.1 Å². The zero-order valence-electron chi connectivity index (χ0n) is 14.4. The molecule has 1 aromatic carbocycles. The topological polar surface area (TPSA) is 39.7 Å². The molecule has 1 aliphatic heterocycles. The Hall–Kier alpha value is -1.40. The number of benzene rings is 1. The number of hydrogen-bond acceptors (Lipinski definition) is 2. The number of likely N-dealkylation sites (tertiary alicyclic amines) is 1. The zero-order chi connectivity index (χ0) is 17.5. The Balaban J connectivity index is 1.78. The van der Waals surface area contributed by atoms with Crippen LogP contribution in [0.15, 0.2) is 39.8 Å². The van der Waals surface area contributed by atoms with Gasteiger partial charge in [-0.1, -0.05) is 18.2 Å². The standard InChI is InChI=1S/C18H26BrFN4/c1-13(2)12-24-8-6-15(7-9-24)23-18(21-3)22-11-14-4-5-16(19)17(20)10-14/h4-5,10,15H,1,6-9,11-12H2,2-3H3,(H2,21,22,23). The molecule has 1 aromatic rings. The molecule has 0 saturated carbocycles. The largest absolute Gasteiger partial charge is 0.354 e. The second-order valence-electron chi connectivity index (χ2n) is 6.33. The number of halogens is 2. The van der Waals surface area contributed by atoms with E-state index in [2.05, 4.69) is 50.0 Å². The van der Waals surface area contributed by atoms with Gasteiger partial charge in [-0.25, -0.2) is 4.39 Å². The average Bonchev–Trinajstić information content (AvgIpc) is 2.55. The summed E-state index contributed by atoms with van der Waals surface area (Å²) in [5, 5.41) is 6.71. The van der Waals surface area contributed by atoms with Gasteiger partial charge in [0.05, 0.1) is 4.47 Å². The summed E-state index contributed by atoms with van der Waals surface area (Å²) < 4.78 is 14.0. The van der Waals surface area contributed by atoms with E-state index in [0.717, 1.165) is 44.0 Å². The lowest BCUT2D eigenvalue weighted by Crippen LogP contribution is -2.48. The highest BCUT2D eigenvalue weighted by Gasteiger charge is 2.19. The predicted octanol–water partition coefficient (Wildman–Crippen LogP) is 3.29. The number of hydrogen-bond donors (Lipinski definition) is 2.